The standard InChI is InChI=1S/C16H20N4O6S2/c1-11(28(23,24)25)20(2)27(21,22)14-7-4-12(5-8-14)18-19-13-6-9-15(17)16(10-13)26-3/h4-11H,17H2,1-3H3,(H,23,24,25). The molecule has 0 radical (unpaired) electrons. The van der Waals surface area contributed by atoms with Gasteiger partial charge in [-0.3, -0.25) is 4.55 Å². The molecule has 152 valence electrons. The molecule has 3 N–H and O–H groups in total. The highest BCUT2D eigenvalue weighted by molar-refractivity contribution is 7.91. The van der Waals surface area contributed by atoms with Crippen molar-refractivity contribution in [3.8, 4) is 5.75 Å². The summed E-state index contributed by atoms with van der Waals surface area (Å²) in [6.45, 7) is 1.07. The first-order valence-corrected chi connectivity index (χ1v) is 10.8. The molecule has 28 heavy (non-hydrogen) atoms. The van der Waals surface area contributed by atoms with Gasteiger partial charge in [0, 0.05) is 13.1 Å². The van der Waals surface area contributed by atoms with Crippen molar-refractivity contribution in [3.05, 3.63) is 42.5 Å². The summed E-state index contributed by atoms with van der Waals surface area (Å²) in [4.78, 5) is -0.154. The second-order valence-electron chi connectivity index (χ2n) is 5.76. The van der Waals surface area contributed by atoms with E-state index in [1.54, 1.807) is 18.2 Å². The first-order chi connectivity index (χ1) is 13.0. The maximum absolute atomic E-state index is 12.5. The van der Waals surface area contributed by atoms with Crippen LogP contribution in [0.3, 0.4) is 0 Å². The monoisotopic (exact) mass is 428 g/mol. The third-order valence-corrected chi connectivity index (χ3v) is 7.21. The molecule has 0 heterocycles. The summed E-state index contributed by atoms with van der Waals surface area (Å²) in [5.41, 5.74) is 7.05. The van der Waals surface area contributed by atoms with E-state index in [0.717, 1.165) is 14.0 Å². The number of rotatable bonds is 7. The van der Waals surface area contributed by atoms with Crippen molar-refractivity contribution < 1.29 is 26.1 Å². The van der Waals surface area contributed by atoms with Gasteiger partial charge in [-0.05, 0) is 43.3 Å². The van der Waals surface area contributed by atoms with Gasteiger partial charge in [0.25, 0.3) is 10.1 Å². The van der Waals surface area contributed by atoms with Gasteiger partial charge in [-0.2, -0.15) is 23.0 Å². The van der Waals surface area contributed by atoms with E-state index < -0.39 is 25.5 Å². The molecule has 2 aromatic carbocycles. The fraction of sp³-hybridized carbons (Fsp3) is 0.250. The molecule has 1 atom stereocenters. The molecule has 12 heteroatoms. The molecular weight excluding hydrogens is 408 g/mol. The van der Waals surface area contributed by atoms with Crippen LogP contribution in [0, 0.1) is 0 Å². The summed E-state index contributed by atoms with van der Waals surface area (Å²) in [6.07, 6.45) is 0. The number of nitrogen functional groups attached to an aromatic ring is 1. The van der Waals surface area contributed by atoms with Crippen molar-refractivity contribution in [1.29, 1.82) is 0 Å². The molecule has 1 unspecified atom stereocenters. The molecule has 0 fully saturated rings. The molecule has 10 nitrogen and oxygen atoms in total. The van der Waals surface area contributed by atoms with E-state index in [4.69, 9.17) is 15.0 Å². The van der Waals surface area contributed by atoms with Gasteiger partial charge in [-0.1, -0.05) is 0 Å². The number of methoxy groups -OCH3 is 1. The molecule has 2 rings (SSSR count). The Morgan fingerprint density at radius 3 is 2.11 bits per heavy atom. The average Bonchev–Trinajstić information content (AvgIpc) is 2.65. The van der Waals surface area contributed by atoms with Gasteiger partial charge in [0.15, 0.2) is 0 Å². The molecule has 0 aliphatic rings. The fourth-order valence-corrected chi connectivity index (χ4v) is 4.36. The summed E-state index contributed by atoms with van der Waals surface area (Å²) >= 11 is 0. The number of anilines is 1. The molecule has 0 aliphatic heterocycles. The van der Waals surface area contributed by atoms with Crippen LogP contribution in [-0.4, -0.2) is 45.2 Å². The Balaban J connectivity index is 2.23. The van der Waals surface area contributed by atoms with Crippen LogP contribution in [0.25, 0.3) is 0 Å². The number of hydrogen-bond acceptors (Lipinski definition) is 8. The molecule has 2 aromatic rings. The fourth-order valence-electron chi connectivity index (χ4n) is 2.11. The van der Waals surface area contributed by atoms with Gasteiger partial charge in [-0.15, -0.1) is 0 Å². The van der Waals surface area contributed by atoms with Crippen molar-refractivity contribution in [2.75, 3.05) is 19.9 Å². The van der Waals surface area contributed by atoms with E-state index in [-0.39, 0.29) is 4.90 Å². The van der Waals surface area contributed by atoms with Gasteiger partial charge >= 0.3 is 0 Å². The van der Waals surface area contributed by atoms with E-state index in [9.17, 15) is 16.8 Å². The van der Waals surface area contributed by atoms with Crippen molar-refractivity contribution >= 4 is 37.2 Å². The van der Waals surface area contributed by atoms with Crippen LogP contribution < -0.4 is 10.5 Å². The third-order valence-electron chi connectivity index (χ3n) is 3.95. The van der Waals surface area contributed by atoms with Gasteiger partial charge in [0.05, 0.1) is 29.1 Å². The zero-order chi connectivity index (χ0) is 21.1. The quantitative estimate of drug-likeness (QED) is 0.390. The van der Waals surface area contributed by atoms with Crippen LogP contribution in [0.15, 0.2) is 57.6 Å². The molecule has 0 saturated heterocycles. The number of nitrogens with zero attached hydrogens (tertiary/aromatic N) is 3. The average molecular weight is 428 g/mol. The predicted molar refractivity (Wildman–Crippen MR) is 104 cm³/mol. The van der Waals surface area contributed by atoms with Crippen molar-refractivity contribution in [2.24, 2.45) is 10.2 Å². The van der Waals surface area contributed by atoms with Crippen LogP contribution >= 0.6 is 0 Å². The smallest absolute Gasteiger partial charge is 0.281 e. The van der Waals surface area contributed by atoms with Crippen LogP contribution in [0.4, 0.5) is 17.1 Å². The van der Waals surface area contributed by atoms with Crippen LogP contribution in [-0.2, 0) is 20.1 Å². The zero-order valence-corrected chi connectivity index (χ0v) is 17.0. The summed E-state index contributed by atoms with van der Waals surface area (Å²) in [5, 5.41) is 6.41. The Bertz CT molecular complexity index is 1080. The highest BCUT2D eigenvalue weighted by atomic mass is 32.2. The summed E-state index contributed by atoms with van der Waals surface area (Å²) in [5.74, 6) is 0.453. The predicted octanol–water partition coefficient (Wildman–Crippen LogP) is 2.55. The van der Waals surface area contributed by atoms with Gasteiger partial charge in [-0.25, -0.2) is 8.42 Å². The molecule has 0 amide bonds. The summed E-state index contributed by atoms with van der Waals surface area (Å²) in [7, 11) is -6.14. The molecular formula is C16H20N4O6S2. The lowest BCUT2D eigenvalue weighted by molar-refractivity contribution is 0.401. The normalized spacial score (nSPS) is 13.8. The first kappa shape index (κ1) is 21.8. The molecule has 0 bridgehead atoms. The minimum atomic E-state index is -4.56. The summed E-state index contributed by atoms with van der Waals surface area (Å²) in [6, 6.07) is 10.2. The van der Waals surface area contributed by atoms with Crippen molar-refractivity contribution in [3.63, 3.8) is 0 Å². The Morgan fingerprint density at radius 2 is 1.57 bits per heavy atom. The molecule has 0 saturated carbocycles. The van der Waals surface area contributed by atoms with Crippen molar-refractivity contribution in [2.45, 2.75) is 17.2 Å². The minimum absolute atomic E-state index is 0.154. The zero-order valence-electron chi connectivity index (χ0n) is 15.3. The van der Waals surface area contributed by atoms with E-state index in [0.29, 0.717) is 27.1 Å². The SMILES string of the molecule is COc1cc(N=Nc2ccc(S(=O)(=O)N(C)C(C)S(=O)(=O)O)cc2)ccc1N. The lowest BCUT2D eigenvalue weighted by Gasteiger charge is -2.21. The highest BCUT2D eigenvalue weighted by Gasteiger charge is 2.32. The van der Waals surface area contributed by atoms with Crippen LogP contribution in [0.1, 0.15) is 6.92 Å². The number of hydrogen-bond donors (Lipinski definition) is 2. The first-order valence-electron chi connectivity index (χ1n) is 7.86. The maximum atomic E-state index is 12.5. The van der Waals surface area contributed by atoms with Crippen LogP contribution in [0.2, 0.25) is 0 Å². The number of benzene rings is 2. The highest BCUT2D eigenvalue weighted by Crippen LogP contribution is 2.28. The Kier molecular flexibility index (Phi) is 6.39. The van der Waals surface area contributed by atoms with E-state index >= 15 is 0 Å². The number of sulfonamides is 1. The summed E-state index contributed by atoms with van der Waals surface area (Å²) < 4.78 is 62.1. The Hall–Kier alpha value is -2.54. The van der Waals surface area contributed by atoms with Gasteiger partial charge < -0.3 is 10.5 Å². The minimum Gasteiger partial charge on any atom is -0.495 e. The topological polar surface area (TPSA) is 152 Å². The van der Waals surface area contributed by atoms with Crippen molar-refractivity contribution in [1.82, 2.24) is 4.31 Å². The third kappa shape index (κ3) is 4.84. The van der Waals surface area contributed by atoms with Gasteiger partial charge in [0.2, 0.25) is 10.0 Å². The Morgan fingerprint density at radius 1 is 1.04 bits per heavy atom. The number of ether oxygens (including phenoxy) is 1. The Labute approximate surface area is 163 Å². The number of azo groups is 1. The van der Waals surface area contributed by atoms with E-state index in [1.165, 1.54) is 31.4 Å². The van der Waals surface area contributed by atoms with Crippen LogP contribution in [0.5, 0.6) is 5.75 Å². The molecule has 0 spiro atoms. The molecule has 0 aromatic heterocycles. The second-order valence-corrected chi connectivity index (χ2v) is 9.47. The van der Waals surface area contributed by atoms with Gasteiger partial charge in [0.1, 0.15) is 11.1 Å². The second kappa shape index (κ2) is 8.22. The maximum Gasteiger partial charge on any atom is 0.281 e. The number of nitrogens with two attached hydrogens (primary N) is 1. The molecule has 0 aliphatic carbocycles. The van der Waals surface area contributed by atoms with E-state index in [1.807, 2.05) is 0 Å². The lowest BCUT2D eigenvalue weighted by atomic mass is 10.2. The lowest BCUT2D eigenvalue weighted by Crippen LogP contribution is -2.39. The van der Waals surface area contributed by atoms with E-state index in [2.05, 4.69) is 10.2 Å². The largest absolute Gasteiger partial charge is 0.495 e.